The molecule has 4 rings (SSSR count). The number of rotatable bonds is 6. The normalized spacial score (nSPS) is 10.1. The summed E-state index contributed by atoms with van der Waals surface area (Å²) >= 11 is 0. The lowest BCUT2D eigenvalue weighted by Gasteiger charge is -2.00. The Morgan fingerprint density at radius 3 is 0.974 bits per heavy atom. The number of benzene rings is 4. The Kier molecular flexibility index (Phi) is 11.0. The molecule has 0 aliphatic heterocycles. The molecule has 0 unspecified atom stereocenters. The molecule has 0 aliphatic carbocycles. The van der Waals surface area contributed by atoms with Gasteiger partial charge >= 0.3 is 7.82 Å². The van der Waals surface area contributed by atoms with E-state index in [0.29, 0.717) is 22.3 Å². The molecule has 0 aromatic heterocycles. The third-order valence-electron chi connectivity index (χ3n) is 4.75. The summed E-state index contributed by atoms with van der Waals surface area (Å²) in [4.78, 5) is 65.4. The molecule has 0 aliphatic rings. The van der Waals surface area contributed by atoms with Crippen molar-refractivity contribution in [1.82, 2.24) is 0 Å². The van der Waals surface area contributed by atoms with Crippen LogP contribution >= 0.6 is 7.82 Å². The number of nitro groups is 2. The Labute approximate surface area is 221 Å². The summed E-state index contributed by atoms with van der Waals surface area (Å²) < 4.78 is 8.88. The van der Waals surface area contributed by atoms with Crippen LogP contribution < -0.4 is 0 Å². The molecule has 39 heavy (non-hydrogen) atoms. The van der Waals surface area contributed by atoms with Crippen LogP contribution in [0, 0.1) is 20.2 Å². The quantitative estimate of drug-likeness (QED) is 0.130. The molecule has 0 bridgehead atoms. The zero-order chi connectivity index (χ0) is 29.0. The van der Waals surface area contributed by atoms with Crippen LogP contribution in [0.25, 0.3) is 0 Å². The second-order valence-corrected chi connectivity index (χ2v) is 8.54. The number of nitrogens with zero attached hydrogens (tertiary/aromatic N) is 2. The molecule has 0 radical (unpaired) electrons. The van der Waals surface area contributed by atoms with Crippen LogP contribution in [0.1, 0.15) is 31.8 Å². The molecule has 0 saturated carbocycles. The van der Waals surface area contributed by atoms with E-state index in [1.165, 1.54) is 48.5 Å². The first-order chi connectivity index (χ1) is 18.4. The van der Waals surface area contributed by atoms with E-state index in [1.807, 2.05) is 12.1 Å². The highest BCUT2D eigenvalue weighted by Crippen LogP contribution is 2.25. The van der Waals surface area contributed by atoms with Crippen molar-refractivity contribution in [2.75, 3.05) is 0 Å². The molecule has 4 aromatic carbocycles. The summed E-state index contributed by atoms with van der Waals surface area (Å²) in [6.07, 6.45) is 0. The Hall–Kier alpha value is -4.87. The summed E-state index contributed by atoms with van der Waals surface area (Å²) in [5.41, 5.74) is 2.00. The first-order valence-corrected chi connectivity index (χ1v) is 12.4. The highest BCUT2D eigenvalue weighted by atomic mass is 31.2. The average molecular weight is 552 g/mol. The number of ketones is 2. The van der Waals surface area contributed by atoms with E-state index < -0.39 is 17.7 Å². The monoisotopic (exact) mass is 552 g/mol. The summed E-state index contributed by atoms with van der Waals surface area (Å²) in [5, 5.41) is 20.9. The third kappa shape index (κ3) is 10.6. The predicted octanol–water partition coefficient (Wildman–Crippen LogP) is 4.72. The van der Waals surface area contributed by atoms with Gasteiger partial charge in [0.05, 0.1) is 9.85 Å². The highest BCUT2D eigenvalue weighted by molar-refractivity contribution is 7.45. The Morgan fingerprint density at radius 2 is 0.744 bits per heavy atom. The first-order valence-electron chi connectivity index (χ1n) is 10.8. The Morgan fingerprint density at radius 1 is 0.513 bits per heavy atom. The van der Waals surface area contributed by atoms with E-state index in [-0.39, 0.29) is 22.9 Å². The van der Waals surface area contributed by atoms with Gasteiger partial charge in [0.15, 0.2) is 11.6 Å². The highest BCUT2D eigenvalue weighted by Gasteiger charge is 2.12. The molecule has 12 nitrogen and oxygen atoms in total. The van der Waals surface area contributed by atoms with Crippen LogP contribution in [0.3, 0.4) is 0 Å². The van der Waals surface area contributed by atoms with E-state index in [1.54, 1.807) is 48.5 Å². The van der Waals surface area contributed by atoms with Gasteiger partial charge in [-0.1, -0.05) is 60.7 Å². The SMILES string of the molecule is O=C(c1ccccc1)c1ccc([N+](=O)[O-])cc1.O=C(c1ccccc1)c1ccc([N+](=O)[O-])cc1.O=P(O)(O)O. The number of carbonyl (C=O) groups excluding carboxylic acids is 2. The van der Waals surface area contributed by atoms with Crippen LogP contribution in [-0.4, -0.2) is 36.1 Å². The average Bonchev–Trinajstić information content (AvgIpc) is 2.93. The van der Waals surface area contributed by atoms with Crippen LogP contribution in [0.5, 0.6) is 0 Å². The van der Waals surface area contributed by atoms with Gasteiger partial charge in [-0.25, -0.2) is 4.57 Å². The smallest absolute Gasteiger partial charge is 0.303 e. The molecule has 200 valence electrons. The molecule has 13 heteroatoms. The number of nitro benzene ring substituents is 2. The largest absolute Gasteiger partial charge is 0.466 e. The summed E-state index contributed by atoms with van der Waals surface area (Å²) in [5.74, 6) is -0.277. The van der Waals surface area contributed by atoms with Crippen LogP contribution in [0.2, 0.25) is 0 Å². The second-order valence-electron chi connectivity index (χ2n) is 7.51. The van der Waals surface area contributed by atoms with Crippen molar-refractivity contribution in [3.8, 4) is 0 Å². The topological polar surface area (TPSA) is 198 Å². The van der Waals surface area contributed by atoms with Crippen molar-refractivity contribution in [3.63, 3.8) is 0 Å². The predicted molar refractivity (Wildman–Crippen MR) is 140 cm³/mol. The number of non-ortho nitro benzene ring substituents is 2. The Bertz CT molecular complexity index is 1360. The van der Waals surface area contributed by atoms with Crippen LogP contribution in [-0.2, 0) is 4.57 Å². The number of phosphoric acid groups is 1. The maximum Gasteiger partial charge on any atom is 0.466 e. The van der Waals surface area contributed by atoms with Gasteiger partial charge in [-0.05, 0) is 24.3 Å². The standard InChI is InChI=1S/2C13H9NO3.H3O4P/c2*15-13(10-4-2-1-3-5-10)11-6-8-12(9-7-11)14(16)17;1-5(2,3)4/h2*1-9H;(H3,1,2,3,4). The van der Waals surface area contributed by atoms with Crippen molar-refractivity contribution in [3.05, 3.63) is 152 Å². The van der Waals surface area contributed by atoms with Gasteiger partial charge in [-0.3, -0.25) is 29.8 Å². The van der Waals surface area contributed by atoms with E-state index in [0.717, 1.165) is 0 Å². The molecule has 0 spiro atoms. The zero-order valence-electron chi connectivity index (χ0n) is 19.9. The maximum absolute atomic E-state index is 12.0. The molecule has 4 aromatic rings. The molecule has 0 atom stereocenters. The fraction of sp³-hybridized carbons (Fsp3) is 0. The summed E-state index contributed by atoms with van der Waals surface area (Å²) in [6.45, 7) is 0. The van der Waals surface area contributed by atoms with E-state index in [4.69, 9.17) is 19.2 Å². The van der Waals surface area contributed by atoms with Gasteiger partial charge < -0.3 is 14.7 Å². The van der Waals surface area contributed by atoms with E-state index >= 15 is 0 Å². The molecular weight excluding hydrogens is 531 g/mol. The van der Waals surface area contributed by atoms with Crippen molar-refractivity contribution < 1.29 is 38.7 Å². The lowest BCUT2D eigenvalue weighted by atomic mass is 10.0. The van der Waals surface area contributed by atoms with Crippen molar-refractivity contribution in [2.24, 2.45) is 0 Å². The van der Waals surface area contributed by atoms with Gasteiger partial charge in [-0.15, -0.1) is 0 Å². The lowest BCUT2D eigenvalue weighted by molar-refractivity contribution is -0.385. The molecule has 0 saturated heterocycles. The van der Waals surface area contributed by atoms with Gasteiger partial charge in [0.25, 0.3) is 11.4 Å². The Balaban J connectivity index is 0.000000234. The van der Waals surface area contributed by atoms with Crippen LogP contribution in [0.4, 0.5) is 11.4 Å². The number of hydrogen-bond donors (Lipinski definition) is 3. The van der Waals surface area contributed by atoms with Gasteiger partial charge in [0.1, 0.15) is 0 Å². The van der Waals surface area contributed by atoms with Gasteiger partial charge in [-0.2, -0.15) is 0 Å². The minimum Gasteiger partial charge on any atom is -0.303 e. The van der Waals surface area contributed by atoms with E-state index in [9.17, 15) is 29.8 Å². The molecule has 0 heterocycles. The summed E-state index contributed by atoms with van der Waals surface area (Å²) in [6, 6.07) is 28.8. The van der Waals surface area contributed by atoms with Crippen molar-refractivity contribution in [2.45, 2.75) is 0 Å². The van der Waals surface area contributed by atoms with Gasteiger partial charge in [0, 0.05) is 46.5 Å². The third-order valence-corrected chi connectivity index (χ3v) is 4.75. The van der Waals surface area contributed by atoms with Gasteiger partial charge in [0.2, 0.25) is 0 Å². The maximum atomic E-state index is 12.0. The van der Waals surface area contributed by atoms with Crippen molar-refractivity contribution in [1.29, 1.82) is 0 Å². The lowest BCUT2D eigenvalue weighted by Crippen LogP contribution is -2.00. The minimum atomic E-state index is -4.64. The summed E-state index contributed by atoms with van der Waals surface area (Å²) in [7, 11) is -4.64. The zero-order valence-corrected chi connectivity index (χ0v) is 20.8. The molecular formula is C26H21N2O10P. The molecule has 0 fully saturated rings. The van der Waals surface area contributed by atoms with Crippen molar-refractivity contribution >= 4 is 30.8 Å². The fourth-order valence-electron chi connectivity index (χ4n) is 2.98. The number of carbonyl (C=O) groups is 2. The second kappa shape index (κ2) is 14.2. The molecule has 0 amide bonds. The molecule has 3 N–H and O–H groups in total. The van der Waals surface area contributed by atoms with Crippen LogP contribution in [0.15, 0.2) is 109 Å². The minimum absolute atomic E-state index is 0.0189. The van der Waals surface area contributed by atoms with E-state index in [2.05, 4.69) is 0 Å². The number of hydrogen-bond acceptors (Lipinski definition) is 7. The fourth-order valence-corrected chi connectivity index (χ4v) is 2.98. The first kappa shape index (κ1) is 30.4.